The van der Waals surface area contributed by atoms with Crippen LogP contribution in [0, 0.1) is 19.8 Å². The van der Waals surface area contributed by atoms with Gasteiger partial charge in [-0.3, -0.25) is 9.78 Å². The van der Waals surface area contributed by atoms with Gasteiger partial charge in [-0.05, 0) is 49.2 Å². The molecule has 0 bridgehead atoms. The molecular formula is C24H34N4O5S. The minimum atomic E-state index is -3.69. The summed E-state index contributed by atoms with van der Waals surface area (Å²) in [6.07, 6.45) is 3.55. The number of carbonyl (C=O) groups excluding carboxylic acids is 1. The van der Waals surface area contributed by atoms with Crippen molar-refractivity contribution in [3.05, 3.63) is 47.8 Å². The first-order valence-corrected chi connectivity index (χ1v) is 12.7. The van der Waals surface area contributed by atoms with Crippen molar-refractivity contribution in [2.24, 2.45) is 5.92 Å². The zero-order valence-corrected chi connectivity index (χ0v) is 21.3. The molecule has 34 heavy (non-hydrogen) atoms. The molecule has 3 rings (SSSR count). The van der Waals surface area contributed by atoms with Crippen molar-refractivity contribution in [3.63, 3.8) is 0 Å². The second kappa shape index (κ2) is 11.2. The zero-order chi connectivity index (χ0) is 24.9. The van der Waals surface area contributed by atoms with Crippen molar-refractivity contribution < 1.29 is 22.7 Å². The van der Waals surface area contributed by atoms with Gasteiger partial charge in [-0.25, -0.2) is 8.42 Å². The lowest BCUT2D eigenvalue weighted by Gasteiger charge is -2.42. The molecule has 1 aliphatic rings. The van der Waals surface area contributed by atoms with Crippen molar-refractivity contribution in [3.8, 4) is 5.75 Å². The lowest BCUT2D eigenvalue weighted by atomic mass is 9.99. The number of pyridine rings is 1. The van der Waals surface area contributed by atoms with E-state index in [4.69, 9.17) is 9.47 Å². The van der Waals surface area contributed by atoms with Crippen LogP contribution in [0.5, 0.6) is 5.75 Å². The number of anilines is 1. The molecule has 2 heterocycles. The van der Waals surface area contributed by atoms with Gasteiger partial charge < -0.3 is 19.3 Å². The van der Waals surface area contributed by atoms with Gasteiger partial charge in [0.15, 0.2) is 0 Å². The number of sulfonamides is 1. The molecule has 1 aromatic carbocycles. The van der Waals surface area contributed by atoms with E-state index in [1.54, 1.807) is 57.4 Å². The van der Waals surface area contributed by atoms with Crippen molar-refractivity contribution in [1.29, 1.82) is 0 Å². The Morgan fingerprint density at radius 3 is 2.35 bits per heavy atom. The minimum Gasteiger partial charge on any atom is -0.497 e. The van der Waals surface area contributed by atoms with E-state index in [0.717, 1.165) is 18.8 Å². The Morgan fingerprint density at radius 1 is 1.15 bits per heavy atom. The zero-order valence-electron chi connectivity index (χ0n) is 20.5. The molecule has 0 saturated carbocycles. The number of benzene rings is 1. The molecule has 0 spiro atoms. The van der Waals surface area contributed by atoms with E-state index in [1.807, 2.05) is 12.1 Å². The summed E-state index contributed by atoms with van der Waals surface area (Å²) in [4.78, 5) is 20.7. The third kappa shape index (κ3) is 6.05. The molecule has 0 aliphatic carbocycles. The highest BCUT2D eigenvalue weighted by Crippen LogP contribution is 2.28. The summed E-state index contributed by atoms with van der Waals surface area (Å²) in [6, 6.07) is 7.37. The summed E-state index contributed by atoms with van der Waals surface area (Å²) in [5, 5.41) is 0. The van der Waals surface area contributed by atoms with Crippen molar-refractivity contribution in [2.45, 2.75) is 18.7 Å². The van der Waals surface area contributed by atoms with E-state index in [1.165, 1.54) is 11.4 Å². The van der Waals surface area contributed by atoms with Crippen LogP contribution in [-0.2, 0) is 19.6 Å². The molecule has 9 nitrogen and oxygen atoms in total. The summed E-state index contributed by atoms with van der Waals surface area (Å²) in [6.45, 7) is 6.15. The number of carbonyl (C=O) groups is 1. The molecule has 0 unspecified atom stereocenters. The third-order valence-corrected chi connectivity index (χ3v) is 8.22. The fourth-order valence-electron chi connectivity index (χ4n) is 4.11. The monoisotopic (exact) mass is 490 g/mol. The maximum absolute atomic E-state index is 13.0. The van der Waals surface area contributed by atoms with Crippen LogP contribution >= 0.6 is 0 Å². The van der Waals surface area contributed by atoms with Gasteiger partial charge in [-0.1, -0.05) is 0 Å². The second-order valence-corrected chi connectivity index (χ2v) is 10.7. The third-order valence-electron chi connectivity index (χ3n) is 6.06. The van der Waals surface area contributed by atoms with E-state index in [2.05, 4.69) is 9.88 Å². The molecule has 10 heteroatoms. The van der Waals surface area contributed by atoms with Gasteiger partial charge in [0, 0.05) is 64.3 Å². The van der Waals surface area contributed by atoms with Gasteiger partial charge in [0.2, 0.25) is 15.9 Å². The Labute approximate surface area is 202 Å². The van der Waals surface area contributed by atoms with Crippen LogP contribution in [0.25, 0.3) is 0 Å². The summed E-state index contributed by atoms with van der Waals surface area (Å²) in [5.74, 6) is 0.915. The quantitative estimate of drug-likeness (QED) is 0.445. The number of methoxy groups -OCH3 is 1. The molecule has 1 amide bonds. The van der Waals surface area contributed by atoms with E-state index in [-0.39, 0.29) is 30.6 Å². The molecule has 186 valence electrons. The number of likely N-dealkylation sites (N-methyl/N-ethyl adjacent to an activating group) is 2. The smallest absolute Gasteiger partial charge is 0.248 e. The Hall–Kier alpha value is -2.69. The number of amides is 1. The summed E-state index contributed by atoms with van der Waals surface area (Å²) in [7, 11) is 1.15. The van der Waals surface area contributed by atoms with Crippen LogP contribution in [-0.4, -0.2) is 89.1 Å². The van der Waals surface area contributed by atoms with E-state index in [0.29, 0.717) is 29.3 Å². The van der Waals surface area contributed by atoms with Crippen LogP contribution in [0.4, 0.5) is 5.69 Å². The topological polar surface area (TPSA) is 92.3 Å². The highest BCUT2D eigenvalue weighted by atomic mass is 32.2. The van der Waals surface area contributed by atoms with Crippen LogP contribution in [0.15, 0.2) is 41.6 Å². The maximum Gasteiger partial charge on any atom is 0.248 e. The maximum atomic E-state index is 13.0. The van der Waals surface area contributed by atoms with Crippen molar-refractivity contribution >= 4 is 21.6 Å². The van der Waals surface area contributed by atoms with Crippen LogP contribution in [0.1, 0.15) is 11.1 Å². The Kier molecular flexibility index (Phi) is 8.51. The fourth-order valence-corrected chi connectivity index (χ4v) is 5.67. The second-order valence-electron chi connectivity index (χ2n) is 8.72. The van der Waals surface area contributed by atoms with Gasteiger partial charge in [0.1, 0.15) is 12.4 Å². The number of aromatic nitrogens is 1. The standard InChI is InChI=1S/C24H34N4O5S/c1-18-12-22(32-5)13-19(2)24(18)34(30,31)27(4)10-11-33-17-23(29)26(3)14-20-15-28(16-20)21-6-8-25-9-7-21/h6-9,12-13,20H,10-11,14-17H2,1-5H3. The number of rotatable bonds is 11. The molecule has 1 aliphatic heterocycles. The molecule has 0 atom stereocenters. The molecule has 0 radical (unpaired) electrons. The van der Waals surface area contributed by atoms with Gasteiger partial charge >= 0.3 is 0 Å². The van der Waals surface area contributed by atoms with Gasteiger partial charge in [-0.15, -0.1) is 0 Å². The van der Waals surface area contributed by atoms with Crippen LogP contribution in [0.3, 0.4) is 0 Å². The van der Waals surface area contributed by atoms with Crippen LogP contribution < -0.4 is 9.64 Å². The highest BCUT2D eigenvalue weighted by Gasteiger charge is 2.29. The lowest BCUT2D eigenvalue weighted by molar-refractivity contribution is -0.135. The Balaban J connectivity index is 1.41. The van der Waals surface area contributed by atoms with Crippen LogP contribution in [0.2, 0.25) is 0 Å². The number of ether oxygens (including phenoxy) is 2. The largest absolute Gasteiger partial charge is 0.497 e. The SMILES string of the molecule is COc1cc(C)c(S(=O)(=O)N(C)CCOCC(=O)N(C)CC2CN(c3ccncc3)C2)c(C)c1. The number of aryl methyl sites for hydroxylation is 2. The van der Waals surface area contributed by atoms with Crippen molar-refractivity contribution in [1.82, 2.24) is 14.2 Å². The first-order valence-electron chi connectivity index (χ1n) is 11.2. The van der Waals surface area contributed by atoms with E-state index < -0.39 is 10.0 Å². The Morgan fingerprint density at radius 2 is 1.76 bits per heavy atom. The summed E-state index contributed by atoms with van der Waals surface area (Å²) in [5.41, 5.74) is 2.39. The average Bonchev–Trinajstić information content (AvgIpc) is 2.78. The number of hydrogen-bond donors (Lipinski definition) is 0. The van der Waals surface area contributed by atoms with Gasteiger partial charge in [-0.2, -0.15) is 4.31 Å². The number of hydrogen-bond acceptors (Lipinski definition) is 7. The average molecular weight is 491 g/mol. The summed E-state index contributed by atoms with van der Waals surface area (Å²) < 4.78 is 38.1. The first-order chi connectivity index (χ1) is 16.1. The lowest BCUT2D eigenvalue weighted by Crippen LogP contribution is -2.52. The molecule has 0 N–H and O–H groups in total. The number of nitrogens with zero attached hydrogens (tertiary/aromatic N) is 4. The Bertz CT molecular complexity index is 1060. The minimum absolute atomic E-state index is 0.0776. The summed E-state index contributed by atoms with van der Waals surface area (Å²) >= 11 is 0. The van der Waals surface area contributed by atoms with E-state index >= 15 is 0 Å². The predicted octanol–water partition coefficient (Wildman–Crippen LogP) is 1.94. The predicted molar refractivity (Wildman–Crippen MR) is 131 cm³/mol. The molecular weight excluding hydrogens is 456 g/mol. The molecule has 2 aromatic rings. The molecule has 1 fully saturated rings. The fraction of sp³-hybridized carbons (Fsp3) is 0.500. The first kappa shape index (κ1) is 25.9. The van der Waals surface area contributed by atoms with E-state index in [9.17, 15) is 13.2 Å². The molecule has 1 aromatic heterocycles. The normalized spacial score (nSPS) is 14.2. The van der Waals surface area contributed by atoms with Gasteiger partial charge in [0.25, 0.3) is 0 Å². The molecule has 1 saturated heterocycles. The van der Waals surface area contributed by atoms with Gasteiger partial charge in [0.05, 0.1) is 18.6 Å². The van der Waals surface area contributed by atoms with Crippen molar-refractivity contribution in [2.75, 3.05) is 65.5 Å². The highest BCUT2D eigenvalue weighted by molar-refractivity contribution is 7.89.